The van der Waals surface area contributed by atoms with Gasteiger partial charge in [0.1, 0.15) is 0 Å². The topological polar surface area (TPSA) is 40.2 Å². The summed E-state index contributed by atoms with van der Waals surface area (Å²) in [5, 5.41) is 0. The fraction of sp³-hybridized carbons (Fsp3) is 0.667. The van der Waals surface area contributed by atoms with Crippen molar-refractivity contribution in [1.82, 2.24) is 4.90 Å². The highest BCUT2D eigenvalue weighted by molar-refractivity contribution is 5.44. The Morgan fingerprint density at radius 3 is 3.00 bits per heavy atom. The smallest absolute Gasteiger partial charge is 0.231 e. The summed E-state index contributed by atoms with van der Waals surface area (Å²) in [6, 6.07) is 6.80. The van der Waals surface area contributed by atoms with E-state index in [4.69, 9.17) is 18.9 Å². The van der Waals surface area contributed by atoms with Gasteiger partial charge in [-0.25, -0.2) is 0 Å². The maximum Gasteiger partial charge on any atom is 0.231 e. The molecule has 5 nitrogen and oxygen atoms in total. The van der Waals surface area contributed by atoms with Gasteiger partial charge in [0.2, 0.25) is 6.79 Å². The molecule has 23 heavy (non-hydrogen) atoms. The van der Waals surface area contributed by atoms with Gasteiger partial charge in [-0.05, 0) is 43.9 Å². The van der Waals surface area contributed by atoms with E-state index >= 15 is 0 Å². The molecule has 5 heteroatoms. The number of rotatable bonds is 5. The molecule has 3 heterocycles. The predicted octanol–water partition coefficient (Wildman–Crippen LogP) is 2.57. The summed E-state index contributed by atoms with van der Waals surface area (Å²) in [7, 11) is 0. The molecule has 0 aromatic heterocycles. The van der Waals surface area contributed by atoms with E-state index in [1.165, 1.54) is 12.0 Å². The van der Waals surface area contributed by atoms with Crippen LogP contribution in [0.3, 0.4) is 0 Å². The second-order valence-corrected chi connectivity index (χ2v) is 6.55. The van der Waals surface area contributed by atoms with Gasteiger partial charge in [-0.1, -0.05) is 6.07 Å². The van der Waals surface area contributed by atoms with Crippen LogP contribution in [-0.4, -0.2) is 49.7 Å². The van der Waals surface area contributed by atoms with Crippen LogP contribution >= 0.6 is 0 Å². The van der Waals surface area contributed by atoms with Crippen molar-refractivity contribution in [2.75, 3.05) is 26.6 Å². The van der Waals surface area contributed by atoms with Gasteiger partial charge in [-0.3, -0.25) is 4.90 Å². The molecular weight excluding hydrogens is 294 g/mol. The number of hydrogen-bond acceptors (Lipinski definition) is 5. The molecule has 1 aromatic carbocycles. The zero-order valence-corrected chi connectivity index (χ0v) is 13.7. The SMILES string of the molecule is CCOC[C@H]1CCC2C(CCN2Cc2ccc3c(c2)OCO3)O1. The van der Waals surface area contributed by atoms with Crippen LogP contribution in [0.2, 0.25) is 0 Å². The molecule has 2 saturated heterocycles. The van der Waals surface area contributed by atoms with E-state index in [1.54, 1.807) is 0 Å². The van der Waals surface area contributed by atoms with Gasteiger partial charge in [0.25, 0.3) is 0 Å². The Morgan fingerprint density at radius 1 is 1.17 bits per heavy atom. The molecule has 3 aliphatic rings. The molecule has 0 amide bonds. The van der Waals surface area contributed by atoms with E-state index in [0.717, 1.165) is 50.6 Å². The van der Waals surface area contributed by atoms with Crippen molar-refractivity contribution in [3.05, 3.63) is 23.8 Å². The molecule has 2 fully saturated rings. The van der Waals surface area contributed by atoms with Crippen molar-refractivity contribution in [3.63, 3.8) is 0 Å². The van der Waals surface area contributed by atoms with Crippen LogP contribution in [0.25, 0.3) is 0 Å². The minimum atomic E-state index is 0.279. The quantitative estimate of drug-likeness (QED) is 0.834. The van der Waals surface area contributed by atoms with Crippen molar-refractivity contribution in [2.45, 2.75) is 51.0 Å². The van der Waals surface area contributed by atoms with Gasteiger partial charge in [0.05, 0.1) is 18.8 Å². The minimum absolute atomic E-state index is 0.279. The molecule has 2 unspecified atom stereocenters. The van der Waals surface area contributed by atoms with E-state index in [2.05, 4.69) is 17.0 Å². The van der Waals surface area contributed by atoms with Crippen LogP contribution in [0.4, 0.5) is 0 Å². The lowest BCUT2D eigenvalue weighted by atomic mass is 9.99. The van der Waals surface area contributed by atoms with Gasteiger partial charge < -0.3 is 18.9 Å². The Labute approximate surface area is 137 Å². The predicted molar refractivity (Wildman–Crippen MR) is 85.8 cm³/mol. The molecule has 0 radical (unpaired) electrons. The first-order valence-corrected chi connectivity index (χ1v) is 8.69. The first-order valence-electron chi connectivity index (χ1n) is 8.69. The molecule has 4 rings (SSSR count). The molecule has 3 atom stereocenters. The first-order chi connectivity index (χ1) is 11.3. The molecule has 0 N–H and O–H groups in total. The van der Waals surface area contributed by atoms with E-state index in [9.17, 15) is 0 Å². The lowest BCUT2D eigenvalue weighted by Gasteiger charge is -2.36. The Kier molecular flexibility index (Phi) is 4.42. The van der Waals surface area contributed by atoms with Crippen LogP contribution in [0.15, 0.2) is 18.2 Å². The normalized spacial score (nSPS) is 29.7. The van der Waals surface area contributed by atoms with Gasteiger partial charge in [0.15, 0.2) is 11.5 Å². The Hall–Kier alpha value is -1.30. The lowest BCUT2D eigenvalue weighted by Crippen LogP contribution is -2.43. The highest BCUT2D eigenvalue weighted by Crippen LogP contribution is 2.35. The summed E-state index contributed by atoms with van der Waals surface area (Å²) in [5.41, 5.74) is 1.28. The third-order valence-electron chi connectivity index (χ3n) is 5.08. The summed E-state index contributed by atoms with van der Waals surface area (Å²) < 4.78 is 22.6. The standard InChI is InChI=1S/C18H25NO4/c1-2-20-11-14-4-5-15-16(23-14)7-8-19(15)10-13-3-6-17-18(9-13)22-12-21-17/h3,6,9,14-16H,2,4-5,7-8,10-12H2,1H3/t14-,15?,16?/m1/s1. The van der Waals surface area contributed by atoms with Crippen molar-refractivity contribution >= 4 is 0 Å². The fourth-order valence-electron chi connectivity index (χ4n) is 3.93. The number of ether oxygens (including phenoxy) is 4. The van der Waals surface area contributed by atoms with Gasteiger partial charge in [-0.15, -0.1) is 0 Å². The number of benzene rings is 1. The van der Waals surface area contributed by atoms with E-state index in [-0.39, 0.29) is 6.10 Å². The molecule has 0 aliphatic carbocycles. The van der Waals surface area contributed by atoms with Crippen LogP contribution < -0.4 is 9.47 Å². The average molecular weight is 319 g/mol. The van der Waals surface area contributed by atoms with Gasteiger partial charge in [-0.2, -0.15) is 0 Å². The molecule has 0 saturated carbocycles. The van der Waals surface area contributed by atoms with Gasteiger partial charge in [0, 0.05) is 25.7 Å². The average Bonchev–Trinajstić information content (AvgIpc) is 3.19. The number of nitrogens with zero attached hydrogens (tertiary/aromatic N) is 1. The molecule has 126 valence electrons. The van der Waals surface area contributed by atoms with Crippen LogP contribution in [-0.2, 0) is 16.0 Å². The van der Waals surface area contributed by atoms with Crippen molar-refractivity contribution in [3.8, 4) is 11.5 Å². The molecule has 0 spiro atoms. The summed E-state index contributed by atoms with van der Waals surface area (Å²) in [5.74, 6) is 1.72. The van der Waals surface area contributed by atoms with Crippen molar-refractivity contribution in [2.24, 2.45) is 0 Å². The summed E-state index contributed by atoms with van der Waals surface area (Å²) in [6.45, 7) is 5.94. The van der Waals surface area contributed by atoms with Crippen LogP contribution in [0, 0.1) is 0 Å². The zero-order valence-electron chi connectivity index (χ0n) is 13.7. The largest absolute Gasteiger partial charge is 0.454 e. The summed E-state index contributed by atoms with van der Waals surface area (Å²) in [6.07, 6.45) is 4.06. The maximum absolute atomic E-state index is 6.24. The van der Waals surface area contributed by atoms with Crippen molar-refractivity contribution in [1.29, 1.82) is 0 Å². The van der Waals surface area contributed by atoms with E-state index < -0.39 is 0 Å². The van der Waals surface area contributed by atoms with Gasteiger partial charge >= 0.3 is 0 Å². The molecule has 0 bridgehead atoms. The maximum atomic E-state index is 6.24. The van der Waals surface area contributed by atoms with Crippen LogP contribution in [0.5, 0.6) is 11.5 Å². The molecule has 3 aliphatic heterocycles. The summed E-state index contributed by atoms with van der Waals surface area (Å²) in [4.78, 5) is 2.55. The lowest BCUT2D eigenvalue weighted by molar-refractivity contribution is -0.0985. The second kappa shape index (κ2) is 6.67. The monoisotopic (exact) mass is 319 g/mol. The molecular formula is C18H25NO4. The van der Waals surface area contributed by atoms with Crippen LogP contribution in [0.1, 0.15) is 31.7 Å². The Balaban J connectivity index is 1.36. The fourth-order valence-corrected chi connectivity index (χ4v) is 3.93. The third kappa shape index (κ3) is 3.18. The zero-order chi connectivity index (χ0) is 15.6. The highest BCUT2D eigenvalue weighted by Gasteiger charge is 2.39. The summed E-state index contributed by atoms with van der Waals surface area (Å²) >= 11 is 0. The second-order valence-electron chi connectivity index (χ2n) is 6.55. The number of hydrogen-bond donors (Lipinski definition) is 0. The number of likely N-dealkylation sites (tertiary alicyclic amines) is 1. The Bertz CT molecular complexity index is 550. The van der Waals surface area contributed by atoms with E-state index in [1.807, 2.05) is 13.0 Å². The first kappa shape index (κ1) is 15.2. The molecule has 1 aromatic rings. The van der Waals surface area contributed by atoms with Crippen molar-refractivity contribution < 1.29 is 18.9 Å². The third-order valence-corrected chi connectivity index (χ3v) is 5.08. The Morgan fingerprint density at radius 2 is 2.09 bits per heavy atom. The van der Waals surface area contributed by atoms with E-state index in [0.29, 0.717) is 18.9 Å². The minimum Gasteiger partial charge on any atom is -0.454 e. The number of fused-ring (bicyclic) bond motifs is 2. The highest BCUT2D eigenvalue weighted by atomic mass is 16.7.